The minimum atomic E-state index is 0.462. The minimum Gasteiger partial charge on any atom is -0.497 e. The van der Waals surface area contributed by atoms with E-state index >= 15 is 0 Å². The van der Waals surface area contributed by atoms with Crippen LogP contribution in [-0.4, -0.2) is 35.2 Å². The molecule has 2 heterocycles. The molecule has 2 aromatic carbocycles. The number of benzene rings is 2. The molecule has 0 radical (unpaired) electrons. The molecule has 1 aliphatic rings. The van der Waals surface area contributed by atoms with E-state index in [1.165, 1.54) is 11.3 Å². The van der Waals surface area contributed by atoms with Gasteiger partial charge in [-0.05, 0) is 41.5 Å². The quantitative estimate of drug-likeness (QED) is 0.515. The van der Waals surface area contributed by atoms with Gasteiger partial charge in [-0.1, -0.05) is 35.3 Å². The lowest BCUT2D eigenvalue weighted by Gasteiger charge is -2.28. The van der Waals surface area contributed by atoms with Crippen LogP contribution in [0, 0.1) is 0 Å². The first kappa shape index (κ1) is 21.2. The Balaban J connectivity index is 1.59. The van der Waals surface area contributed by atoms with E-state index in [0.29, 0.717) is 23.2 Å². The number of hydrogen-bond donors (Lipinski definition) is 0. The Kier molecular flexibility index (Phi) is 6.64. The largest absolute Gasteiger partial charge is 0.497 e. The Bertz CT molecular complexity index is 1020. The third kappa shape index (κ3) is 4.65. The predicted octanol–water partition coefficient (Wildman–Crippen LogP) is 4.95. The predicted molar refractivity (Wildman–Crippen MR) is 119 cm³/mol. The molecule has 0 N–H and O–H groups in total. The number of nitrogens with zero attached hydrogens (tertiary/aromatic N) is 3. The van der Waals surface area contributed by atoms with E-state index in [0.717, 1.165) is 48.9 Å². The zero-order chi connectivity index (χ0) is 21.1. The van der Waals surface area contributed by atoms with Crippen LogP contribution in [0.25, 0.3) is 0 Å². The molecule has 4 rings (SSSR count). The highest BCUT2D eigenvalue weighted by atomic mass is 35.5. The SMILES string of the molecule is COCc1nc2c(n1Cc1cc(Cl)ccc1Cl)CN(Cc1ccc(OC)cc1)CC2. The van der Waals surface area contributed by atoms with Gasteiger partial charge in [0.15, 0.2) is 0 Å². The Hall–Kier alpha value is -2.05. The van der Waals surface area contributed by atoms with Crippen molar-refractivity contribution in [1.82, 2.24) is 14.5 Å². The van der Waals surface area contributed by atoms with E-state index in [2.05, 4.69) is 21.6 Å². The van der Waals surface area contributed by atoms with Gasteiger partial charge in [-0.3, -0.25) is 4.90 Å². The molecule has 158 valence electrons. The number of aromatic nitrogens is 2. The third-order valence-corrected chi connectivity index (χ3v) is 6.05. The average Bonchev–Trinajstić information content (AvgIpc) is 3.08. The summed E-state index contributed by atoms with van der Waals surface area (Å²) in [6.45, 7) is 3.77. The van der Waals surface area contributed by atoms with Crippen LogP contribution in [0.2, 0.25) is 10.0 Å². The molecular weight excluding hydrogens is 421 g/mol. The summed E-state index contributed by atoms with van der Waals surface area (Å²) < 4.78 is 12.9. The molecule has 7 heteroatoms. The van der Waals surface area contributed by atoms with E-state index in [9.17, 15) is 0 Å². The molecular formula is C23H25Cl2N3O2. The van der Waals surface area contributed by atoms with Crippen LogP contribution in [-0.2, 0) is 37.4 Å². The average molecular weight is 446 g/mol. The highest BCUT2D eigenvalue weighted by molar-refractivity contribution is 6.33. The summed E-state index contributed by atoms with van der Waals surface area (Å²) in [5, 5.41) is 1.38. The number of rotatable bonds is 7. The van der Waals surface area contributed by atoms with E-state index in [4.69, 9.17) is 37.7 Å². The summed E-state index contributed by atoms with van der Waals surface area (Å²) in [6, 6.07) is 13.8. The fraction of sp³-hybridized carbons (Fsp3) is 0.348. The van der Waals surface area contributed by atoms with Crippen LogP contribution < -0.4 is 4.74 Å². The van der Waals surface area contributed by atoms with Crippen LogP contribution >= 0.6 is 23.2 Å². The lowest BCUT2D eigenvalue weighted by molar-refractivity contribution is 0.174. The number of methoxy groups -OCH3 is 2. The maximum Gasteiger partial charge on any atom is 0.135 e. The molecule has 0 unspecified atom stereocenters. The number of imidazole rings is 1. The summed E-state index contributed by atoms with van der Waals surface area (Å²) in [5.41, 5.74) is 4.61. The molecule has 1 aliphatic heterocycles. The smallest absolute Gasteiger partial charge is 0.135 e. The molecule has 0 fully saturated rings. The van der Waals surface area contributed by atoms with E-state index in [-0.39, 0.29) is 0 Å². The normalized spacial score (nSPS) is 14.0. The van der Waals surface area contributed by atoms with Gasteiger partial charge < -0.3 is 14.0 Å². The van der Waals surface area contributed by atoms with Crippen molar-refractivity contribution in [2.75, 3.05) is 20.8 Å². The Labute approximate surface area is 187 Å². The molecule has 0 aliphatic carbocycles. The molecule has 0 saturated heterocycles. The van der Waals surface area contributed by atoms with Crippen molar-refractivity contribution in [3.05, 3.63) is 80.8 Å². The summed E-state index contributed by atoms with van der Waals surface area (Å²) in [4.78, 5) is 7.31. The number of hydrogen-bond acceptors (Lipinski definition) is 4. The second-order valence-corrected chi connectivity index (χ2v) is 8.33. The summed E-state index contributed by atoms with van der Waals surface area (Å²) in [6.07, 6.45) is 0.915. The maximum atomic E-state index is 6.44. The standard InChI is InChI=1S/C23H25Cl2N3O2/c1-29-15-23-26-21-9-10-27(12-16-3-6-19(30-2)7-4-16)14-22(21)28(23)13-17-11-18(24)5-8-20(17)25/h3-8,11H,9-10,12-15H2,1-2H3. The van der Waals surface area contributed by atoms with Crippen molar-refractivity contribution in [3.63, 3.8) is 0 Å². The van der Waals surface area contributed by atoms with Crippen LogP contribution in [0.1, 0.15) is 28.3 Å². The monoisotopic (exact) mass is 445 g/mol. The van der Waals surface area contributed by atoms with Gasteiger partial charge in [0.1, 0.15) is 18.2 Å². The first-order valence-corrected chi connectivity index (χ1v) is 10.7. The van der Waals surface area contributed by atoms with Gasteiger partial charge in [0, 0.05) is 43.2 Å². The summed E-state index contributed by atoms with van der Waals surface area (Å²) >= 11 is 12.7. The molecule has 5 nitrogen and oxygen atoms in total. The molecule has 0 atom stereocenters. The van der Waals surface area contributed by atoms with Gasteiger partial charge in [0.2, 0.25) is 0 Å². The van der Waals surface area contributed by atoms with Gasteiger partial charge >= 0.3 is 0 Å². The number of halogens is 2. The molecule has 0 amide bonds. The zero-order valence-corrected chi connectivity index (χ0v) is 18.7. The van der Waals surface area contributed by atoms with Crippen molar-refractivity contribution < 1.29 is 9.47 Å². The fourth-order valence-electron chi connectivity index (χ4n) is 3.91. The number of ether oxygens (including phenoxy) is 2. The lowest BCUT2D eigenvalue weighted by atomic mass is 10.1. The Morgan fingerprint density at radius 2 is 1.83 bits per heavy atom. The first-order valence-electron chi connectivity index (χ1n) is 9.92. The second-order valence-electron chi connectivity index (χ2n) is 7.49. The fourth-order valence-corrected chi connectivity index (χ4v) is 4.28. The zero-order valence-electron chi connectivity index (χ0n) is 17.2. The van der Waals surface area contributed by atoms with Crippen LogP contribution in [0.5, 0.6) is 5.75 Å². The van der Waals surface area contributed by atoms with E-state index in [1.54, 1.807) is 14.2 Å². The highest BCUT2D eigenvalue weighted by Crippen LogP contribution is 2.27. The Morgan fingerprint density at radius 1 is 1.03 bits per heavy atom. The van der Waals surface area contributed by atoms with Crippen molar-refractivity contribution in [1.29, 1.82) is 0 Å². The minimum absolute atomic E-state index is 0.462. The second kappa shape index (κ2) is 9.40. The summed E-state index contributed by atoms with van der Waals surface area (Å²) in [5.74, 6) is 1.80. The maximum absolute atomic E-state index is 6.44. The molecule has 3 aromatic rings. The van der Waals surface area contributed by atoms with Crippen molar-refractivity contribution >= 4 is 23.2 Å². The van der Waals surface area contributed by atoms with Gasteiger partial charge in [-0.15, -0.1) is 0 Å². The van der Waals surface area contributed by atoms with E-state index < -0.39 is 0 Å². The Morgan fingerprint density at radius 3 is 2.57 bits per heavy atom. The molecule has 0 saturated carbocycles. The van der Waals surface area contributed by atoms with Crippen molar-refractivity contribution in [3.8, 4) is 5.75 Å². The van der Waals surface area contributed by atoms with Gasteiger partial charge in [0.05, 0.1) is 25.0 Å². The molecule has 30 heavy (non-hydrogen) atoms. The van der Waals surface area contributed by atoms with Crippen molar-refractivity contribution in [2.24, 2.45) is 0 Å². The van der Waals surface area contributed by atoms with E-state index in [1.807, 2.05) is 30.3 Å². The van der Waals surface area contributed by atoms with Crippen LogP contribution in [0.4, 0.5) is 0 Å². The number of fused-ring (bicyclic) bond motifs is 1. The van der Waals surface area contributed by atoms with Gasteiger partial charge in [0.25, 0.3) is 0 Å². The molecule has 1 aromatic heterocycles. The first-order chi connectivity index (χ1) is 14.6. The highest BCUT2D eigenvalue weighted by Gasteiger charge is 2.24. The topological polar surface area (TPSA) is 39.5 Å². The molecule has 0 bridgehead atoms. The van der Waals surface area contributed by atoms with Crippen molar-refractivity contribution in [2.45, 2.75) is 32.7 Å². The summed E-state index contributed by atoms with van der Waals surface area (Å²) in [7, 11) is 3.38. The lowest BCUT2D eigenvalue weighted by Crippen LogP contribution is -2.31. The van der Waals surface area contributed by atoms with Crippen LogP contribution in [0.3, 0.4) is 0 Å². The third-order valence-electron chi connectivity index (χ3n) is 5.45. The molecule has 0 spiro atoms. The van der Waals surface area contributed by atoms with Gasteiger partial charge in [-0.2, -0.15) is 0 Å². The van der Waals surface area contributed by atoms with Gasteiger partial charge in [-0.25, -0.2) is 4.98 Å². The van der Waals surface area contributed by atoms with Crippen LogP contribution in [0.15, 0.2) is 42.5 Å².